The molecule has 0 aromatic heterocycles. The Bertz CT molecular complexity index is 514. The highest BCUT2D eigenvalue weighted by Crippen LogP contribution is 2.73. The first-order valence-electron chi connectivity index (χ1n) is 9.27. The van der Waals surface area contributed by atoms with Gasteiger partial charge in [-0.05, 0) is 78.9 Å². The van der Waals surface area contributed by atoms with E-state index in [1.54, 1.807) is 5.57 Å². The van der Waals surface area contributed by atoms with Crippen LogP contribution in [0.25, 0.3) is 0 Å². The summed E-state index contributed by atoms with van der Waals surface area (Å²) in [6.45, 7) is 7.82. The topological polar surface area (TPSA) is 20.2 Å². The highest BCUT2D eigenvalue weighted by molar-refractivity contribution is 9.09. The number of aliphatic hydroxyl groups excluding tert-OH is 1. The van der Waals surface area contributed by atoms with Crippen molar-refractivity contribution in [3.63, 3.8) is 0 Å². The second-order valence-corrected chi connectivity index (χ2v) is 10.7. The van der Waals surface area contributed by atoms with Crippen LogP contribution in [0.5, 0.6) is 0 Å². The van der Waals surface area contributed by atoms with E-state index < -0.39 is 0 Å². The van der Waals surface area contributed by atoms with Crippen molar-refractivity contribution in [2.75, 3.05) is 6.61 Å². The van der Waals surface area contributed by atoms with E-state index in [1.807, 2.05) is 0 Å². The predicted octanol–water partition coefficient (Wildman–Crippen LogP) is 5.32. The van der Waals surface area contributed by atoms with Crippen LogP contribution in [0.3, 0.4) is 0 Å². The summed E-state index contributed by atoms with van der Waals surface area (Å²) in [4.78, 5) is 0.240. The number of hydrogen-bond donors (Lipinski definition) is 1. The number of aliphatic hydroxyl groups is 1. The molecule has 0 aromatic rings. The van der Waals surface area contributed by atoms with Crippen molar-refractivity contribution >= 4 is 15.9 Å². The molecule has 4 aliphatic carbocycles. The van der Waals surface area contributed by atoms with Crippen LogP contribution in [0, 0.1) is 34.0 Å². The van der Waals surface area contributed by atoms with Crippen molar-refractivity contribution < 1.29 is 5.11 Å². The molecule has 1 N–H and O–H groups in total. The Balaban J connectivity index is 1.63. The summed E-state index contributed by atoms with van der Waals surface area (Å²) in [6.07, 6.45) is 12.1. The average molecular weight is 367 g/mol. The maximum Gasteiger partial charge on any atom is 0.0561 e. The Morgan fingerprint density at radius 1 is 1.23 bits per heavy atom. The monoisotopic (exact) mass is 366 g/mol. The molecular weight excluding hydrogens is 336 g/mol. The summed E-state index contributed by atoms with van der Waals surface area (Å²) in [5.74, 6) is 2.78. The Labute approximate surface area is 144 Å². The predicted molar refractivity (Wildman–Crippen MR) is 95.0 cm³/mol. The lowest BCUT2D eigenvalue weighted by Gasteiger charge is -2.57. The highest BCUT2D eigenvalue weighted by Gasteiger charge is 2.65. The molecule has 22 heavy (non-hydrogen) atoms. The van der Waals surface area contributed by atoms with Gasteiger partial charge in [0.2, 0.25) is 0 Å². The van der Waals surface area contributed by atoms with Crippen LogP contribution in [-0.2, 0) is 0 Å². The maximum absolute atomic E-state index is 9.59. The first-order chi connectivity index (χ1) is 10.3. The van der Waals surface area contributed by atoms with E-state index in [0.29, 0.717) is 10.8 Å². The van der Waals surface area contributed by atoms with Crippen LogP contribution in [-0.4, -0.2) is 16.5 Å². The lowest BCUT2D eigenvalue weighted by atomic mass is 9.48. The van der Waals surface area contributed by atoms with Gasteiger partial charge in [0.1, 0.15) is 0 Å². The Morgan fingerprint density at radius 2 is 2.00 bits per heavy atom. The second-order valence-electron chi connectivity index (χ2n) is 9.59. The van der Waals surface area contributed by atoms with E-state index in [1.165, 1.54) is 44.9 Å². The molecule has 0 aromatic carbocycles. The third-order valence-corrected chi connectivity index (χ3v) is 9.87. The van der Waals surface area contributed by atoms with Crippen molar-refractivity contribution in [1.29, 1.82) is 0 Å². The van der Waals surface area contributed by atoms with E-state index in [9.17, 15) is 5.11 Å². The standard InChI is InChI=1S/C20H31BrO/c1-18(17(21)12-22)8-7-15-13(10-18)4-5-16-19(15,2)9-6-14-11-20(14,16)3/h4,14-17,22H,5-12H2,1-3H3. The summed E-state index contributed by atoms with van der Waals surface area (Å²) in [7, 11) is 0. The average Bonchev–Trinajstić information content (AvgIpc) is 3.17. The molecule has 0 amide bonds. The van der Waals surface area contributed by atoms with Crippen LogP contribution in [0.4, 0.5) is 0 Å². The third kappa shape index (κ3) is 1.98. The number of fused-ring (bicyclic) bond motifs is 5. The largest absolute Gasteiger partial charge is 0.395 e. The van der Waals surface area contributed by atoms with Crippen LogP contribution >= 0.6 is 15.9 Å². The number of hydrogen-bond acceptors (Lipinski definition) is 1. The molecule has 0 aliphatic heterocycles. The Hall–Kier alpha value is 0.180. The molecule has 0 heterocycles. The third-order valence-electron chi connectivity index (χ3n) is 8.47. The van der Waals surface area contributed by atoms with E-state index in [0.717, 1.165) is 17.8 Å². The van der Waals surface area contributed by atoms with E-state index >= 15 is 0 Å². The summed E-state index contributed by atoms with van der Waals surface area (Å²) >= 11 is 3.74. The lowest BCUT2D eigenvalue weighted by Crippen LogP contribution is -2.49. The molecular formula is C20H31BrO. The first-order valence-corrected chi connectivity index (χ1v) is 10.2. The smallest absolute Gasteiger partial charge is 0.0561 e. The summed E-state index contributed by atoms with van der Waals surface area (Å²) in [5.41, 5.74) is 3.18. The number of alkyl halides is 1. The molecule has 7 atom stereocenters. The highest BCUT2D eigenvalue weighted by atomic mass is 79.9. The van der Waals surface area contributed by atoms with Crippen molar-refractivity contribution in [3.8, 4) is 0 Å². The van der Waals surface area contributed by atoms with Gasteiger partial charge in [0.15, 0.2) is 0 Å². The summed E-state index contributed by atoms with van der Waals surface area (Å²) in [5, 5.41) is 9.59. The minimum atomic E-state index is 0.237. The molecule has 0 spiro atoms. The van der Waals surface area contributed by atoms with Gasteiger partial charge in [-0.15, -0.1) is 0 Å². The van der Waals surface area contributed by atoms with Gasteiger partial charge in [-0.3, -0.25) is 0 Å². The molecule has 7 unspecified atom stereocenters. The van der Waals surface area contributed by atoms with E-state index in [-0.39, 0.29) is 16.8 Å². The number of allylic oxidation sites excluding steroid dienone is 2. The quantitative estimate of drug-likeness (QED) is 0.517. The zero-order chi connectivity index (χ0) is 15.8. The number of halogens is 1. The first kappa shape index (κ1) is 15.7. The molecule has 4 aliphatic rings. The minimum Gasteiger partial charge on any atom is -0.395 e. The normalized spacial score (nSPS) is 54.6. The van der Waals surface area contributed by atoms with Crippen LogP contribution < -0.4 is 0 Å². The molecule has 3 fully saturated rings. The Kier molecular flexibility index (Phi) is 3.46. The van der Waals surface area contributed by atoms with Crippen LogP contribution in [0.15, 0.2) is 11.6 Å². The van der Waals surface area contributed by atoms with Crippen molar-refractivity contribution in [2.24, 2.45) is 34.0 Å². The zero-order valence-corrected chi connectivity index (χ0v) is 16.0. The summed E-state index contributed by atoms with van der Waals surface area (Å²) in [6, 6.07) is 0. The second kappa shape index (κ2) is 4.85. The molecule has 1 nitrogen and oxygen atoms in total. The molecule has 3 saturated carbocycles. The zero-order valence-electron chi connectivity index (χ0n) is 14.4. The van der Waals surface area contributed by atoms with Crippen LogP contribution in [0.2, 0.25) is 0 Å². The van der Waals surface area contributed by atoms with Gasteiger partial charge in [0, 0.05) is 4.83 Å². The van der Waals surface area contributed by atoms with E-state index in [4.69, 9.17) is 0 Å². The molecule has 124 valence electrons. The Morgan fingerprint density at radius 3 is 2.73 bits per heavy atom. The lowest BCUT2D eigenvalue weighted by molar-refractivity contribution is -0.0173. The molecule has 4 rings (SSSR count). The molecule has 0 radical (unpaired) electrons. The van der Waals surface area contributed by atoms with E-state index in [2.05, 4.69) is 42.8 Å². The minimum absolute atomic E-state index is 0.237. The van der Waals surface area contributed by atoms with Gasteiger partial charge in [0.25, 0.3) is 0 Å². The number of rotatable bonds is 2. The van der Waals surface area contributed by atoms with Gasteiger partial charge in [-0.2, -0.15) is 0 Å². The van der Waals surface area contributed by atoms with Gasteiger partial charge < -0.3 is 5.11 Å². The van der Waals surface area contributed by atoms with Gasteiger partial charge in [-0.1, -0.05) is 48.4 Å². The van der Waals surface area contributed by atoms with Gasteiger partial charge in [-0.25, -0.2) is 0 Å². The van der Waals surface area contributed by atoms with Crippen molar-refractivity contribution in [1.82, 2.24) is 0 Å². The van der Waals surface area contributed by atoms with Crippen molar-refractivity contribution in [2.45, 2.75) is 70.5 Å². The SMILES string of the molecule is CC1(C(Br)CO)CCC2C(=CCC3C4(C)CC4CCC23C)C1. The fourth-order valence-electron chi connectivity index (χ4n) is 6.76. The van der Waals surface area contributed by atoms with Gasteiger partial charge >= 0.3 is 0 Å². The van der Waals surface area contributed by atoms with Crippen molar-refractivity contribution in [3.05, 3.63) is 11.6 Å². The van der Waals surface area contributed by atoms with Gasteiger partial charge in [0.05, 0.1) is 6.61 Å². The fourth-order valence-corrected chi connectivity index (χ4v) is 7.15. The maximum atomic E-state index is 9.59. The molecule has 0 saturated heterocycles. The molecule has 0 bridgehead atoms. The van der Waals surface area contributed by atoms with Crippen LogP contribution in [0.1, 0.15) is 65.7 Å². The fraction of sp³-hybridized carbons (Fsp3) is 0.900. The summed E-state index contributed by atoms with van der Waals surface area (Å²) < 4.78 is 0. The molecule has 2 heteroatoms.